The molecule has 8 nitrogen and oxygen atoms in total. The third-order valence-corrected chi connectivity index (χ3v) is 7.48. The number of nitrogens with one attached hydrogen (secondary N) is 2. The molecule has 3 aliphatic heterocycles. The van der Waals surface area contributed by atoms with Crippen LogP contribution in [0, 0.1) is 17.8 Å². The second-order valence-electron chi connectivity index (χ2n) is 10.5. The first-order valence-electron chi connectivity index (χ1n) is 12.3. The van der Waals surface area contributed by atoms with E-state index in [1.54, 1.807) is 4.90 Å². The van der Waals surface area contributed by atoms with Crippen molar-refractivity contribution in [3.63, 3.8) is 0 Å². The highest BCUT2D eigenvalue weighted by molar-refractivity contribution is 5.99. The fourth-order valence-corrected chi connectivity index (χ4v) is 6.29. The predicted octanol–water partition coefficient (Wildman–Crippen LogP) is 1.60. The number of aliphatic hydroxyl groups excluding tert-OH is 1. The summed E-state index contributed by atoms with van der Waals surface area (Å²) in [6.45, 7) is 12.1. The van der Waals surface area contributed by atoms with E-state index in [9.17, 15) is 19.5 Å². The number of aliphatic hydroxyl groups is 1. The number of fused-ring (bicyclic) bond motifs is 1. The van der Waals surface area contributed by atoms with Gasteiger partial charge in [0, 0.05) is 12.6 Å². The van der Waals surface area contributed by atoms with Crippen LogP contribution in [-0.2, 0) is 19.1 Å². The largest absolute Gasteiger partial charge is 0.394 e. The summed E-state index contributed by atoms with van der Waals surface area (Å²) in [5, 5.41) is 16.2. The van der Waals surface area contributed by atoms with Gasteiger partial charge in [0.05, 0.1) is 30.1 Å². The van der Waals surface area contributed by atoms with Crippen LogP contribution in [0.2, 0.25) is 0 Å². The quantitative estimate of drug-likeness (QED) is 0.468. The van der Waals surface area contributed by atoms with Gasteiger partial charge in [-0.15, -0.1) is 0 Å². The Bertz CT molecular complexity index is 741. The van der Waals surface area contributed by atoms with E-state index in [0.717, 1.165) is 6.42 Å². The van der Waals surface area contributed by atoms with E-state index < -0.39 is 35.1 Å². The van der Waals surface area contributed by atoms with Crippen molar-refractivity contribution in [3.8, 4) is 0 Å². The van der Waals surface area contributed by atoms with Crippen LogP contribution in [0.15, 0.2) is 0 Å². The standard InChI is InChI=1S/C24H41N3O5/c1-7-11-25-20(29)17-18-22(31)27(16(13-28)12-14(3)4)19(21(30)26-15(5)6)24(18)10-9-23(17,8-2)32-24/h14-19,28H,7-13H2,1-6H3,(H,25,29)(H,26,30)/t16-,17-,18+,19?,23+,24?/m1/s1. The molecule has 3 aliphatic rings. The highest BCUT2D eigenvalue weighted by atomic mass is 16.5. The van der Waals surface area contributed by atoms with E-state index in [4.69, 9.17) is 4.74 Å². The molecular formula is C24H41N3O5. The zero-order chi connectivity index (χ0) is 23.8. The van der Waals surface area contributed by atoms with E-state index in [1.807, 2.05) is 41.5 Å². The average molecular weight is 452 g/mol. The highest BCUT2D eigenvalue weighted by Crippen LogP contribution is 2.64. The fraction of sp³-hybridized carbons (Fsp3) is 0.875. The number of ether oxygens (including phenoxy) is 1. The van der Waals surface area contributed by atoms with Gasteiger partial charge in [-0.1, -0.05) is 27.7 Å². The van der Waals surface area contributed by atoms with Crippen LogP contribution in [0.5, 0.6) is 0 Å². The molecule has 1 spiro atoms. The zero-order valence-electron chi connectivity index (χ0n) is 20.4. The molecule has 0 saturated carbocycles. The summed E-state index contributed by atoms with van der Waals surface area (Å²) in [5.74, 6) is -1.77. The molecule has 3 fully saturated rings. The number of hydrogen-bond acceptors (Lipinski definition) is 5. The Hall–Kier alpha value is -1.67. The van der Waals surface area contributed by atoms with Crippen molar-refractivity contribution in [2.45, 2.75) is 103 Å². The summed E-state index contributed by atoms with van der Waals surface area (Å²) in [6.07, 6.45) is 3.18. The Balaban J connectivity index is 2.09. The number of carbonyl (C=O) groups is 3. The summed E-state index contributed by atoms with van der Waals surface area (Å²) >= 11 is 0. The van der Waals surface area contributed by atoms with Crippen LogP contribution in [-0.4, -0.2) is 70.2 Å². The van der Waals surface area contributed by atoms with E-state index >= 15 is 0 Å². The van der Waals surface area contributed by atoms with Crippen LogP contribution in [0.3, 0.4) is 0 Å². The summed E-state index contributed by atoms with van der Waals surface area (Å²) < 4.78 is 6.68. The van der Waals surface area contributed by atoms with E-state index in [2.05, 4.69) is 10.6 Å². The molecule has 6 atom stereocenters. The minimum Gasteiger partial charge on any atom is -0.394 e. The maximum absolute atomic E-state index is 14.0. The minimum absolute atomic E-state index is 0.102. The Kier molecular flexibility index (Phi) is 7.25. The molecule has 3 rings (SSSR count). The lowest BCUT2D eigenvalue weighted by Gasteiger charge is -2.38. The molecule has 182 valence electrons. The third-order valence-electron chi connectivity index (χ3n) is 7.48. The third kappa shape index (κ3) is 3.83. The van der Waals surface area contributed by atoms with Gasteiger partial charge in [-0.25, -0.2) is 0 Å². The van der Waals surface area contributed by atoms with Gasteiger partial charge in [0.1, 0.15) is 11.6 Å². The molecule has 0 aromatic heterocycles. The molecule has 0 aliphatic carbocycles. The first kappa shape index (κ1) is 25.0. The van der Waals surface area contributed by atoms with E-state index in [-0.39, 0.29) is 36.3 Å². The van der Waals surface area contributed by atoms with Crippen molar-refractivity contribution in [1.82, 2.24) is 15.5 Å². The van der Waals surface area contributed by atoms with E-state index in [0.29, 0.717) is 32.2 Å². The number of rotatable bonds is 10. The lowest BCUT2D eigenvalue weighted by Crippen LogP contribution is -2.59. The van der Waals surface area contributed by atoms with Gasteiger partial charge in [0.25, 0.3) is 0 Å². The number of carbonyl (C=O) groups excluding carboxylic acids is 3. The van der Waals surface area contributed by atoms with Gasteiger partial charge in [-0.05, 0) is 51.9 Å². The molecular weight excluding hydrogens is 410 g/mol. The van der Waals surface area contributed by atoms with Crippen molar-refractivity contribution in [3.05, 3.63) is 0 Å². The molecule has 0 aromatic rings. The van der Waals surface area contributed by atoms with Gasteiger partial charge < -0.3 is 25.4 Å². The molecule has 3 amide bonds. The lowest BCUT2D eigenvalue weighted by molar-refractivity contribution is -0.151. The predicted molar refractivity (Wildman–Crippen MR) is 121 cm³/mol. The molecule has 2 bridgehead atoms. The van der Waals surface area contributed by atoms with Crippen molar-refractivity contribution >= 4 is 17.7 Å². The first-order valence-corrected chi connectivity index (χ1v) is 12.3. The van der Waals surface area contributed by atoms with Gasteiger partial charge in [-0.3, -0.25) is 14.4 Å². The highest BCUT2D eigenvalue weighted by Gasteiger charge is 2.79. The Morgan fingerprint density at radius 2 is 1.88 bits per heavy atom. The number of likely N-dealkylation sites (tertiary alicyclic amines) is 1. The Morgan fingerprint density at radius 1 is 1.19 bits per heavy atom. The van der Waals surface area contributed by atoms with Crippen LogP contribution in [0.4, 0.5) is 0 Å². The van der Waals surface area contributed by atoms with Crippen LogP contribution in [0.25, 0.3) is 0 Å². The second kappa shape index (κ2) is 9.29. The average Bonchev–Trinajstić information content (AvgIpc) is 3.33. The number of amides is 3. The zero-order valence-corrected chi connectivity index (χ0v) is 20.4. The van der Waals surface area contributed by atoms with Gasteiger partial charge in [0.15, 0.2) is 0 Å². The summed E-state index contributed by atoms with van der Waals surface area (Å²) in [6, 6.07) is -1.45. The van der Waals surface area contributed by atoms with Gasteiger partial charge in [0.2, 0.25) is 17.7 Å². The van der Waals surface area contributed by atoms with Crippen molar-refractivity contribution < 1.29 is 24.2 Å². The smallest absolute Gasteiger partial charge is 0.246 e. The summed E-state index contributed by atoms with van der Waals surface area (Å²) in [5.41, 5.74) is -1.77. The van der Waals surface area contributed by atoms with Crippen LogP contribution < -0.4 is 10.6 Å². The summed E-state index contributed by atoms with van der Waals surface area (Å²) in [4.78, 5) is 42.4. The first-order chi connectivity index (χ1) is 15.1. The molecule has 32 heavy (non-hydrogen) atoms. The van der Waals surface area contributed by atoms with Crippen LogP contribution >= 0.6 is 0 Å². The van der Waals surface area contributed by atoms with Crippen molar-refractivity contribution in [2.75, 3.05) is 13.2 Å². The maximum Gasteiger partial charge on any atom is 0.246 e. The molecule has 8 heteroatoms. The Labute approximate surface area is 191 Å². The fourth-order valence-electron chi connectivity index (χ4n) is 6.29. The monoisotopic (exact) mass is 451 g/mol. The Morgan fingerprint density at radius 3 is 2.41 bits per heavy atom. The second-order valence-corrected chi connectivity index (χ2v) is 10.5. The topological polar surface area (TPSA) is 108 Å². The number of hydrogen-bond donors (Lipinski definition) is 3. The van der Waals surface area contributed by atoms with Gasteiger partial charge >= 0.3 is 0 Å². The normalized spacial score (nSPS) is 34.3. The molecule has 0 aromatic carbocycles. The van der Waals surface area contributed by atoms with Gasteiger partial charge in [-0.2, -0.15) is 0 Å². The summed E-state index contributed by atoms with van der Waals surface area (Å²) in [7, 11) is 0. The lowest BCUT2D eigenvalue weighted by atomic mass is 9.65. The van der Waals surface area contributed by atoms with E-state index in [1.165, 1.54) is 0 Å². The molecule has 3 heterocycles. The molecule has 3 N–H and O–H groups in total. The molecule has 2 unspecified atom stereocenters. The van der Waals surface area contributed by atoms with Crippen molar-refractivity contribution in [2.24, 2.45) is 17.8 Å². The molecule has 0 radical (unpaired) electrons. The maximum atomic E-state index is 14.0. The minimum atomic E-state index is -1.04. The van der Waals surface area contributed by atoms with Crippen LogP contribution in [0.1, 0.15) is 73.6 Å². The SMILES string of the molecule is CCCNC(=O)[C@H]1[C@H]2C(=O)N([C@@H](CO)CC(C)C)C(C(=O)NC(C)C)C23CC[C@]1(CC)O3. The van der Waals surface area contributed by atoms with Crippen molar-refractivity contribution in [1.29, 1.82) is 0 Å². The number of nitrogens with zero attached hydrogens (tertiary/aromatic N) is 1. The molecule has 3 saturated heterocycles.